The van der Waals surface area contributed by atoms with E-state index in [2.05, 4.69) is 33.2 Å². The number of aryl methyl sites for hydroxylation is 1. The molecule has 1 amide bonds. The van der Waals surface area contributed by atoms with Crippen LogP contribution in [-0.4, -0.2) is 35.0 Å². The molecular weight excluding hydrogens is 324 g/mol. The number of piperidine rings is 1. The highest BCUT2D eigenvalue weighted by Crippen LogP contribution is 2.24. The van der Waals surface area contributed by atoms with Crippen LogP contribution in [0.5, 0.6) is 0 Å². The van der Waals surface area contributed by atoms with Gasteiger partial charge in [-0.25, -0.2) is 9.97 Å². The van der Waals surface area contributed by atoms with E-state index in [1.807, 2.05) is 6.92 Å². The Balaban J connectivity index is 1.64. The SMILES string of the molecule is CCC1CCCCN1c1nc(C)cc(C(=O)NCCC2=CCCCC2)n1. The molecule has 5 heteroatoms. The van der Waals surface area contributed by atoms with Crippen molar-refractivity contribution in [3.05, 3.63) is 29.1 Å². The van der Waals surface area contributed by atoms with Gasteiger partial charge in [-0.05, 0) is 70.8 Å². The first kappa shape index (κ1) is 18.9. The molecule has 1 unspecified atom stereocenters. The number of rotatable bonds is 6. The summed E-state index contributed by atoms with van der Waals surface area (Å²) in [7, 11) is 0. The van der Waals surface area contributed by atoms with E-state index < -0.39 is 0 Å². The molecule has 1 N–H and O–H groups in total. The summed E-state index contributed by atoms with van der Waals surface area (Å²) >= 11 is 0. The third-order valence-corrected chi connectivity index (χ3v) is 5.55. The van der Waals surface area contributed by atoms with Crippen molar-refractivity contribution in [1.29, 1.82) is 0 Å². The second kappa shape index (κ2) is 9.15. The van der Waals surface area contributed by atoms with Crippen LogP contribution in [0.3, 0.4) is 0 Å². The number of nitrogens with one attached hydrogen (secondary N) is 1. The number of aromatic nitrogens is 2. The molecule has 0 bridgehead atoms. The van der Waals surface area contributed by atoms with Gasteiger partial charge in [0.05, 0.1) is 0 Å². The third-order valence-electron chi connectivity index (χ3n) is 5.55. The van der Waals surface area contributed by atoms with Crippen LogP contribution in [0.15, 0.2) is 17.7 Å². The average Bonchev–Trinajstić information content (AvgIpc) is 2.68. The summed E-state index contributed by atoms with van der Waals surface area (Å²) in [6, 6.07) is 2.28. The molecule has 2 aliphatic rings. The molecule has 142 valence electrons. The van der Waals surface area contributed by atoms with E-state index in [-0.39, 0.29) is 5.91 Å². The molecule has 2 heterocycles. The van der Waals surface area contributed by atoms with Crippen LogP contribution in [0.1, 0.15) is 80.9 Å². The highest BCUT2D eigenvalue weighted by Gasteiger charge is 2.24. The van der Waals surface area contributed by atoms with Gasteiger partial charge in [0, 0.05) is 24.8 Å². The molecule has 1 saturated heterocycles. The average molecular weight is 357 g/mol. The second-order valence-corrected chi connectivity index (χ2v) is 7.56. The number of carbonyl (C=O) groups excluding carboxylic acids is 1. The number of carbonyl (C=O) groups is 1. The zero-order valence-electron chi connectivity index (χ0n) is 16.3. The van der Waals surface area contributed by atoms with Gasteiger partial charge in [0.15, 0.2) is 0 Å². The van der Waals surface area contributed by atoms with Crippen molar-refractivity contribution in [2.24, 2.45) is 0 Å². The fraction of sp³-hybridized carbons (Fsp3) is 0.667. The van der Waals surface area contributed by atoms with Crippen LogP contribution in [-0.2, 0) is 0 Å². The molecular formula is C21H32N4O. The lowest BCUT2D eigenvalue weighted by molar-refractivity contribution is 0.0948. The molecule has 1 aromatic rings. The topological polar surface area (TPSA) is 58.1 Å². The molecule has 1 atom stereocenters. The van der Waals surface area contributed by atoms with E-state index in [9.17, 15) is 4.79 Å². The lowest BCUT2D eigenvalue weighted by Crippen LogP contribution is -2.40. The molecule has 1 aromatic heterocycles. The van der Waals surface area contributed by atoms with Gasteiger partial charge in [-0.2, -0.15) is 0 Å². The summed E-state index contributed by atoms with van der Waals surface area (Å²) in [6.07, 6.45) is 13.0. The Morgan fingerprint density at radius 3 is 2.92 bits per heavy atom. The normalized spacial score (nSPS) is 20.6. The zero-order valence-corrected chi connectivity index (χ0v) is 16.3. The van der Waals surface area contributed by atoms with Gasteiger partial charge >= 0.3 is 0 Å². The highest BCUT2D eigenvalue weighted by atomic mass is 16.1. The molecule has 1 fully saturated rings. The monoisotopic (exact) mass is 356 g/mol. The lowest BCUT2D eigenvalue weighted by Gasteiger charge is -2.35. The number of amides is 1. The number of anilines is 1. The van der Waals surface area contributed by atoms with Crippen LogP contribution in [0.2, 0.25) is 0 Å². The summed E-state index contributed by atoms with van der Waals surface area (Å²) < 4.78 is 0. The van der Waals surface area contributed by atoms with E-state index in [1.165, 1.54) is 50.5 Å². The maximum absolute atomic E-state index is 12.6. The first-order valence-electron chi connectivity index (χ1n) is 10.3. The predicted octanol–water partition coefficient (Wildman–Crippen LogP) is 4.17. The first-order valence-corrected chi connectivity index (χ1v) is 10.3. The number of allylic oxidation sites excluding steroid dienone is 1. The van der Waals surface area contributed by atoms with E-state index in [4.69, 9.17) is 0 Å². The highest BCUT2D eigenvalue weighted by molar-refractivity contribution is 5.92. The minimum absolute atomic E-state index is 0.0850. The maximum atomic E-state index is 12.6. The van der Waals surface area contributed by atoms with Crippen molar-refractivity contribution in [2.45, 2.75) is 77.7 Å². The van der Waals surface area contributed by atoms with Gasteiger partial charge < -0.3 is 10.2 Å². The summed E-state index contributed by atoms with van der Waals surface area (Å²) in [5.41, 5.74) is 2.83. The summed E-state index contributed by atoms with van der Waals surface area (Å²) in [4.78, 5) is 24.1. The Kier molecular flexibility index (Phi) is 6.64. The van der Waals surface area contributed by atoms with Crippen molar-refractivity contribution in [3.8, 4) is 0 Å². The van der Waals surface area contributed by atoms with Crippen molar-refractivity contribution >= 4 is 11.9 Å². The van der Waals surface area contributed by atoms with Crippen LogP contribution in [0.4, 0.5) is 5.95 Å². The number of hydrogen-bond donors (Lipinski definition) is 1. The molecule has 1 aliphatic carbocycles. The van der Waals surface area contributed by atoms with Crippen LogP contribution >= 0.6 is 0 Å². The molecule has 3 rings (SSSR count). The Morgan fingerprint density at radius 1 is 1.27 bits per heavy atom. The van der Waals surface area contributed by atoms with Gasteiger partial charge in [-0.1, -0.05) is 18.6 Å². The minimum Gasteiger partial charge on any atom is -0.350 e. The fourth-order valence-electron chi connectivity index (χ4n) is 4.04. The Hall–Kier alpha value is -1.91. The Labute approximate surface area is 157 Å². The molecule has 5 nitrogen and oxygen atoms in total. The largest absolute Gasteiger partial charge is 0.350 e. The third kappa shape index (κ3) is 4.83. The summed E-state index contributed by atoms with van der Waals surface area (Å²) in [5.74, 6) is 0.634. The number of hydrogen-bond acceptors (Lipinski definition) is 4. The first-order chi connectivity index (χ1) is 12.7. The predicted molar refractivity (Wildman–Crippen MR) is 106 cm³/mol. The van der Waals surface area contributed by atoms with Gasteiger partial charge in [0.1, 0.15) is 5.69 Å². The Bertz CT molecular complexity index is 655. The summed E-state index contributed by atoms with van der Waals surface area (Å²) in [5, 5.41) is 3.04. The summed E-state index contributed by atoms with van der Waals surface area (Å²) in [6.45, 7) is 5.83. The van der Waals surface area contributed by atoms with Crippen molar-refractivity contribution < 1.29 is 4.79 Å². The van der Waals surface area contributed by atoms with Crippen molar-refractivity contribution in [2.75, 3.05) is 18.0 Å². The smallest absolute Gasteiger partial charge is 0.270 e. The Morgan fingerprint density at radius 2 is 2.15 bits per heavy atom. The zero-order chi connectivity index (χ0) is 18.4. The molecule has 1 aliphatic heterocycles. The van der Waals surface area contributed by atoms with E-state index >= 15 is 0 Å². The minimum atomic E-state index is -0.0850. The van der Waals surface area contributed by atoms with Crippen LogP contribution < -0.4 is 10.2 Å². The number of nitrogens with zero attached hydrogens (tertiary/aromatic N) is 3. The van der Waals surface area contributed by atoms with E-state index in [0.717, 1.165) is 31.0 Å². The molecule has 0 radical (unpaired) electrons. The van der Waals surface area contributed by atoms with Crippen molar-refractivity contribution in [3.63, 3.8) is 0 Å². The second-order valence-electron chi connectivity index (χ2n) is 7.56. The van der Waals surface area contributed by atoms with Gasteiger partial charge in [-0.15, -0.1) is 0 Å². The fourth-order valence-corrected chi connectivity index (χ4v) is 4.04. The molecule has 0 aromatic carbocycles. The van der Waals surface area contributed by atoms with Crippen LogP contribution in [0.25, 0.3) is 0 Å². The van der Waals surface area contributed by atoms with Crippen LogP contribution in [0, 0.1) is 6.92 Å². The van der Waals surface area contributed by atoms with Gasteiger partial charge in [0.25, 0.3) is 5.91 Å². The molecule has 0 spiro atoms. The van der Waals surface area contributed by atoms with Gasteiger partial charge in [0.2, 0.25) is 5.95 Å². The van der Waals surface area contributed by atoms with E-state index in [1.54, 1.807) is 6.07 Å². The molecule has 26 heavy (non-hydrogen) atoms. The molecule has 0 saturated carbocycles. The maximum Gasteiger partial charge on any atom is 0.270 e. The van der Waals surface area contributed by atoms with Crippen molar-refractivity contribution in [1.82, 2.24) is 15.3 Å². The standard InChI is InChI=1S/C21H32N4O/c1-3-18-11-7-8-14-25(18)21-23-16(2)15-19(24-21)20(26)22-13-12-17-9-5-4-6-10-17/h9,15,18H,3-8,10-14H2,1-2H3,(H,22,26). The van der Waals surface area contributed by atoms with E-state index in [0.29, 0.717) is 18.3 Å². The quantitative estimate of drug-likeness (QED) is 0.777. The van der Waals surface area contributed by atoms with Gasteiger partial charge in [-0.3, -0.25) is 4.79 Å². The lowest BCUT2D eigenvalue weighted by atomic mass is 9.97.